The van der Waals surface area contributed by atoms with Crippen molar-refractivity contribution in [2.24, 2.45) is 4.99 Å². The number of nitrogens with one attached hydrogen (secondary N) is 1. The molecule has 0 unspecified atom stereocenters. The van der Waals surface area contributed by atoms with E-state index in [1.807, 2.05) is 32.6 Å². The van der Waals surface area contributed by atoms with Crippen molar-refractivity contribution >= 4 is 39.8 Å². The molecule has 10 heteroatoms. The number of halogens is 1. The molecule has 0 amide bonds. The highest BCUT2D eigenvalue weighted by Gasteiger charge is 2.41. The normalized spacial score (nSPS) is 19.8. The molecule has 0 radical (unpaired) electrons. The van der Waals surface area contributed by atoms with Crippen LogP contribution in [-0.4, -0.2) is 59.6 Å². The van der Waals surface area contributed by atoms with E-state index < -0.39 is 14.6 Å². The maximum Gasteiger partial charge on any atom is 0.232 e. The summed E-state index contributed by atoms with van der Waals surface area (Å²) in [5.41, 5.74) is -0.204. The minimum absolute atomic E-state index is 0. The molecule has 0 bridgehead atoms. The highest BCUT2D eigenvalue weighted by atomic mass is 127. The Hall–Kier alpha value is -0.910. The molecule has 2 heterocycles. The minimum Gasteiger partial charge on any atom is -0.357 e. The zero-order chi connectivity index (χ0) is 18.9. The van der Waals surface area contributed by atoms with Gasteiger partial charge in [-0.2, -0.15) is 4.98 Å². The predicted octanol–water partition coefficient (Wildman–Crippen LogP) is 1.96. The molecule has 8 nitrogen and oxygen atoms in total. The molecule has 1 aromatic heterocycles. The number of nitrogens with zero attached hydrogens (tertiary/aromatic N) is 4. The predicted molar refractivity (Wildman–Crippen MR) is 113 cm³/mol. The van der Waals surface area contributed by atoms with Crippen LogP contribution >= 0.6 is 24.0 Å². The smallest absolute Gasteiger partial charge is 0.232 e. The fourth-order valence-corrected chi connectivity index (χ4v) is 3.88. The highest BCUT2D eigenvalue weighted by molar-refractivity contribution is 14.0. The van der Waals surface area contributed by atoms with Gasteiger partial charge in [0, 0.05) is 25.0 Å². The molecule has 1 aliphatic heterocycles. The van der Waals surface area contributed by atoms with Crippen molar-refractivity contribution in [3.8, 4) is 0 Å². The van der Waals surface area contributed by atoms with Gasteiger partial charge >= 0.3 is 0 Å². The number of hydrogen-bond acceptors (Lipinski definition) is 6. The Morgan fingerprint density at radius 1 is 1.38 bits per heavy atom. The summed E-state index contributed by atoms with van der Waals surface area (Å²) in [4.78, 5) is 10.9. The second-order valence-corrected chi connectivity index (χ2v) is 10.7. The van der Waals surface area contributed by atoms with Gasteiger partial charge in [0.25, 0.3) is 0 Å². The van der Waals surface area contributed by atoms with E-state index >= 15 is 0 Å². The first-order valence-corrected chi connectivity index (χ1v) is 10.2. The zero-order valence-electron chi connectivity index (χ0n) is 16.4. The van der Waals surface area contributed by atoms with E-state index in [0.717, 1.165) is 0 Å². The number of guanidine groups is 1. The van der Waals surface area contributed by atoms with Crippen molar-refractivity contribution < 1.29 is 12.9 Å². The Kier molecular flexibility index (Phi) is 7.48. The van der Waals surface area contributed by atoms with Crippen LogP contribution in [0.2, 0.25) is 0 Å². The Morgan fingerprint density at radius 2 is 2.04 bits per heavy atom. The molecule has 1 N–H and O–H groups in total. The molecule has 26 heavy (non-hydrogen) atoms. The van der Waals surface area contributed by atoms with Crippen molar-refractivity contribution in [3.05, 3.63) is 11.7 Å². The maximum absolute atomic E-state index is 12.2. The summed E-state index contributed by atoms with van der Waals surface area (Å²) in [6.45, 7) is 13.3. The van der Waals surface area contributed by atoms with Crippen LogP contribution in [0, 0.1) is 0 Å². The SMILES string of the molecule is CCNC(=NCc1noc(C(C)(C)C)n1)N1CCS(=O)(=O)C(C)(C)C1.I. The molecular weight excluding hydrogens is 469 g/mol. The lowest BCUT2D eigenvalue weighted by Gasteiger charge is -2.39. The molecular formula is C16H30IN5O3S. The molecule has 0 saturated carbocycles. The first-order chi connectivity index (χ1) is 11.5. The Labute approximate surface area is 173 Å². The number of aromatic nitrogens is 2. The first-order valence-electron chi connectivity index (χ1n) is 8.55. The first kappa shape index (κ1) is 23.1. The molecule has 0 aliphatic carbocycles. The standard InChI is InChI=1S/C16H29N5O3S.HI/c1-7-17-14(21-8-9-25(22,23)16(5,6)11-21)18-10-12-19-13(24-20-12)15(2,3)4;/h7-11H2,1-6H3,(H,17,18);1H. The van der Waals surface area contributed by atoms with Gasteiger partial charge < -0.3 is 14.7 Å². The molecule has 150 valence electrons. The third-order valence-electron chi connectivity index (χ3n) is 4.16. The number of sulfone groups is 1. The second kappa shape index (κ2) is 8.41. The summed E-state index contributed by atoms with van der Waals surface area (Å²) in [6.07, 6.45) is 0. The molecule has 2 rings (SSSR count). The van der Waals surface area contributed by atoms with Crippen molar-refractivity contribution in [2.45, 2.75) is 58.2 Å². The van der Waals surface area contributed by atoms with Crippen molar-refractivity contribution in [1.82, 2.24) is 20.4 Å². The fourth-order valence-electron chi connectivity index (χ4n) is 2.52. The Bertz CT molecular complexity index is 737. The number of rotatable bonds is 3. The van der Waals surface area contributed by atoms with Gasteiger partial charge in [0.1, 0.15) is 6.54 Å². The van der Waals surface area contributed by atoms with Crippen LogP contribution in [0.15, 0.2) is 9.52 Å². The van der Waals surface area contributed by atoms with Crippen LogP contribution < -0.4 is 5.32 Å². The summed E-state index contributed by atoms with van der Waals surface area (Å²) in [5.74, 6) is 1.89. The van der Waals surface area contributed by atoms with Crippen LogP contribution in [0.25, 0.3) is 0 Å². The van der Waals surface area contributed by atoms with Crippen molar-refractivity contribution in [3.63, 3.8) is 0 Å². The average molecular weight is 499 g/mol. The topological polar surface area (TPSA) is 101 Å². The Balaban J connectivity index is 0.00000338. The molecule has 0 spiro atoms. The van der Waals surface area contributed by atoms with Crippen LogP contribution in [0.3, 0.4) is 0 Å². The lowest BCUT2D eigenvalue weighted by molar-refractivity contribution is 0.318. The quantitative estimate of drug-likeness (QED) is 0.386. The van der Waals surface area contributed by atoms with Gasteiger partial charge in [0.15, 0.2) is 21.6 Å². The van der Waals surface area contributed by atoms with Gasteiger partial charge in [-0.1, -0.05) is 25.9 Å². The fraction of sp³-hybridized carbons (Fsp3) is 0.812. The molecule has 1 aliphatic rings. The summed E-state index contributed by atoms with van der Waals surface area (Å²) in [6, 6.07) is 0. The van der Waals surface area contributed by atoms with Crippen LogP contribution in [0.5, 0.6) is 0 Å². The highest BCUT2D eigenvalue weighted by Crippen LogP contribution is 2.24. The van der Waals surface area contributed by atoms with Crippen molar-refractivity contribution in [1.29, 1.82) is 0 Å². The molecule has 1 saturated heterocycles. The van der Waals surface area contributed by atoms with E-state index in [4.69, 9.17) is 4.52 Å². The van der Waals surface area contributed by atoms with E-state index in [2.05, 4.69) is 20.4 Å². The van der Waals surface area contributed by atoms with Crippen molar-refractivity contribution in [2.75, 3.05) is 25.4 Å². The lowest BCUT2D eigenvalue weighted by Crippen LogP contribution is -2.57. The van der Waals surface area contributed by atoms with Gasteiger partial charge in [-0.15, -0.1) is 24.0 Å². The largest absolute Gasteiger partial charge is 0.357 e. The second-order valence-electron chi connectivity index (χ2n) is 7.94. The number of hydrogen-bond donors (Lipinski definition) is 1. The van der Waals surface area contributed by atoms with Crippen LogP contribution in [0.4, 0.5) is 0 Å². The maximum atomic E-state index is 12.2. The van der Waals surface area contributed by atoms with Gasteiger partial charge in [0.2, 0.25) is 5.89 Å². The van der Waals surface area contributed by atoms with Gasteiger partial charge in [-0.25, -0.2) is 13.4 Å². The van der Waals surface area contributed by atoms with E-state index in [1.165, 1.54) is 0 Å². The van der Waals surface area contributed by atoms with Gasteiger partial charge in [-0.3, -0.25) is 0 Å². The average Bonchev–Trinajstić information content (AvgIpc) is 2.95. The molecule has 0 aromatic carbocycles. The lowest BCUT2D eigenvalue weighted by atomic mass is 9.97. The monoisotopic (exact) mass is 499 g/mol. The van der Waals surface area contributed by atoms with Crippen LogP contribution in [0.1, 0.15) is 53.3 Å². The minimum atomic E-state index is -3.09. The molecule has 1 fully saturated rings. The van der Waals surface area contributed by atoms with Gasteiger partial charge in [0.05, 0.1) is 10.5 Å². The zero-order valence-corrected chi connectivity index (χ0v) is 19.5. The molecule has 1 aromatic rings. The Morgan fingerprint density at radius 3 is 2.54 bits per heavy atom. The molecule has 0 atom stereocenters. The summed E-state index contributed by atoms with van der Waals surface area (Å²) >= 11 is 0. The van der Waals surface area contributed by atoms with E-state index in [9.17, 15) is 8.42 Å². The van der Waals surface area contributed by atoms with Gasteiger partial charge in [-0.05, 0) is 20.8 Å². The summed E-state index contributed by atoms with van der Waals surface area (Å²) in [5, 5.41) is 7.20. The number of aliphatic imine (C=N–C) groups is 1. The van der Waals surface area contributed by atoms with Crippen LogP contribution in [-0.2, 0) is 21.8 Å². The summed E-state index contributed by atoms with van der Waals surface area (Å²) in [7, 11) is -3.09. The summed E-state index contributed by atoms with van der Waals surface area (Å²) < 4.78 is 28.9. The van der Waals surface area contributed by atoms with E-state index in [0.29, 0.717) is 37.3 Å². The van der Waals surface area contributed by atoms with E-state index in [1.54, 1.807) is 13.8 Å². The third-order valence-corrected chi connectivity index (χ3v) is 6.69. The van der Waals surface area contributed by atoms with E-state index in [-0.39, 0.29) is 41.7 Å². The third kappa shape index (κ3) is 5.30.